The lowest BCUT2D eigenvalue weighted by Gasteiger charge is -2.07. The van der Waals surface area contributed by atoms with Crippen LogP contribution in [0, 0.1) is 0 Å². The van der Waals surface area contributed by atoms with Crippen molar-refractivity contribution in [3.05, 3.63) is 65.2 Å². The van der Waals surface area contributed by atoms with E-state index in [1.54, 1.807) is 49.6 Å². The maximum atomic E-state index is 12.1. The number of amides is 1. The zero-order valence-electron chi connectivity index (χ0n) is 13.4. The number of carbonyl (C=O) groups is 3. The standard InChI is InChI=1S/C18H17NO5/c1-23-15-8-6-12(7-9-15)16(20)11-19-17(21)13-4-3-5-14(10-13)18(22)24-2/h3-10H,11H2,1-2H3,(H,19,21). The highest BCUT2D eigenvalue weighted by molar-refractivity contribution is 6.03. The largest absolute Gasteiger partial charge is 0.497 e. The van der Waals surface area contributed by atoms with Crippen LogP contribution in [0.4, 0.5) is 0 Å². The number of methoxy groups -OCH3 is 2. The van der Waals surface area contributed by atoms with Crippen molar-refractivity contribution < 1.29 is 23.9 Å². The van der Waals surface area contributed by atoms with E-state index in [0.29, 0.717) is 11.3 Å². The predicted molar refractivity (Wildman–Crippen MR) is 87.4 cm³/mol. The average molecular weight is 327 g/mol. The summed E-state index contributed by atoms with van der Waals surface area (Å²) in [6.07, 6.45) is 0. The molecule has 0 radical (unpaired) electrons. The molecule has 24 heavy (non-hydrogen) atoms. The molecule has 0 aliphatic heterocycles. The van der Waals surface area contributed by atoms with Gasteiger partial charge in [0.05, 0.1) is 26.3 Å². The molecule has 0 bridgehead atoms. The topological polar surface area (TPSA) is 81.7 Å². The second-order valence-corrected chi connectivity index (χ2v) is 4.91. The lowest BCUT2D eigenvalue weighted by molar-refractivity contribution is 0.0600. The van der Waals surface area contributed by atoms with Gasteiger partial charge in [0.15, 0.2) is 5.78 Å². The van der Waals surface area contributed by atoms with Crippen molar-refractivity contribution >= 4 is 17.7 Å². The number of Topliss-reactive ketones (excluding diaryl/α,β-unsaturated/α-hetero) is 1. The SMILES string of the molecule is COC(=O)c1cccc(C(=O)NCC(=O)c2ccc(OC)cc2)c1. The number of ether oxygens (including phenoxy) is 2. The number of hydrogen-bond acceptors (Lipinski definition) is 5. The highest BCUT2D eigenvalue weighted by atomic mass is 16.5. The van der Waals surface area contributed by atoms with E-state index >= 15 is 0 Å². The van der Waals surface area contributed by atoms with Crippen molar-refractivity contribution in [2.24, 2.45) is 0 Å². The molecule has 1 amide bonds. The Balaban J connectivity index is 1.99. The van der Waals surface area contributed by atoms with E-state index in [1.165, 1.54) is 13.2 Å². The van der Waals surface area contributed by atoms with Gasteiger partial charge in [0.1, 0.15) is 5.75 Å². The van der Waals surface area contributed by atoms with Gasteiger partial charge in [-0.1, -0.05) is 6.07 Å². The van der Waals surface area contributed by atoms with Gasteiger partial charge >= 0.3 is 5.97 Å². The third-order valence-electron chi connectivity index (χ3n) is 3.37. The van der Waals surface area contributed by atoms with Crippen molar-refractivity contribution in [3.63, 3.8) is 0 Å². The van der Waals surface area contributed by atoms with Gasteiger partial charge in [-0.2, -0.15) is 0 Å². The van der Waals surface area contributed by atoms with Crippen LogP contribution in [0.25, 0.3) is 0 Å². The maximum Gasteiger partial charge on any atom is 0.337 e. The molecule has 124 valence electrons. The van der Waals surface area contributed by atoms with E-state index in [-0.39, 0.29) is 23.5 Å². The maximum absolute atomic E-state index is 12.1. The van der Waals surface area contributed by atoms with Gasteiger partial charge in [-0.15, -0.1) is 0 Å². The lowest BCUT2D eigenvalue weighted by Crippen LogP contribution is -2.29. The first kappa shape index (κ1) is 17.2. The number of benzene rings is 2. The van der Waals surface area contributed by atoms with Crippen LogP contribution in [-0.2, 0) is 4.74 Å². The lowest BCUT2D eigenvalue weighted by atomic mass is 10.1. The summed E-state index contributed by atoms with van der Waals surface area (Å²) in [5.74, 6) is -0.549. The Morgan fingerprint density at radius 1 is 0.917 bits per heavy atom. The van der Waals surface area contributed by atoms with E-state index in [2.05, 4.69) is 10.1 Å². The zero-order chi connectivity index (χ0) is 17.5. The Bertz CT molecular complexity index is 752. The van der Waals surface area contributed by atoms with Crippen LogP contribution in [-0.4, -0.2) is 38.4 Å². The Hall–Kier alpha value is -3.15. The van der Waals surface area contributed by atoms with Crippen LogP contribution >= 0.6 is 0 Å². The van der Waals surface area contributed by atoms with Crippen LogP contribution in [0.5, 0.6) is 5.75 Å². The third-order valence-corrected chi connectivity index (χ3v) is 3.37. The van der Waals surface area contributed by atoms with Crippen molar-refractivity contribution in [1.82, 2.24) is 5.32 Å². The van der Waals surface area contributed by atoms with Gasteiger partial charge in [-0.25, -0.2) is 4.79 Å². The number of nitrogens with one attached hydrogen (secondary N) is 1. The van der Waals surface area contributed by atoms with Gasteiger partial charge in [-0.05, 0) is 42.5 Å². The molecule has 6 nitrogen and oxygen atoms in total. The normalized spacial score (nSPS) is 9.92. The molecule has 1 N–H and O–H groups in total. The van der Waals surface area contributed by atoms with Crippen molar-refractivity contribution in [2.45, 2.75) is 0 Å². The van der Waals surface area contributed by atoms with E-state index in [4.69, 9.17) is 4.74 Å². The molecule has 2 rings (SSSR count). The quantitative estimate of drug-likeness (QED) is 0.649. The van der Waals surface area contributed by atoms with Crippen molar-refractivity contribution in [1.29, 1.82) is 0 Å². The van der Waals surface area contributed by atoms with Crippen LogP contribution in [0.15, 0.2) is 48.5 Å². The summed E-state index contributed by atoms with van der Waals surface area (Å²) in [5.41, 5.74) is 1.02. The molecule has 0 saturated carbocycles. The Kier molecular flexibility index (Phi) is 5.68. The number of esters is 1. The van der Waals surface area contributed by atoms with E-state index in [0.717, 1.165) is 0 Å². The fraction of sp³-hybridized carbons (Fsp3) is 0.167. The Morgan fingerprint density at radius 2 is 1.58 bits per heavy atom. The van der Waals surface area contributed by atoms with E-state index in [1.807, 2.05) is 0 Å². The first-order valence-corrected chi connectivity index (χ1v) is 7.19. The first-order valence-electron chi connectivity index (χ1n) is 7.19. The monoisotopic (exact) mass is 327 g/mol. The average Bonchev–Trinajstić information content (AvgIpc) is 2.65. The molecule has 0 aliphatic carbocycles. The van der Waals surface area contributed by atoms with Crippen molar-refractivity contribution in [2.75, 3.05) is 20.8 Å². The highest BCUT2D eigenvalue weighted by Gasteiger charge is 2.12. The summed E-state index contributed by atoms with van der Waals surface area (Å²) in [7, 11) is 2.81. The summed E-state index contributed by atoms with van der Waals surface area (Å²) in [6.45, 7) is -0.145. The molecule has 0 heterocycles. The number of hydrogen-bond donors (Lipinski definition) is 1. The van der Waals surface area contributed by atoms with E-state index < -0.39 is 11.9 Å². The van der Waals surface area contributed by atoms with Crippen LogP contribution in [0.2, 0.25) is 0 Å². The fourth-order valence-electron chi connectivity index (χ4n) is 2.05. The fourth-order valence-corrected chi connectivity index (χ4v) is 2.05. The molecule has 0 fully saturated rings. The second-order valence-electron chi connectivity index (χ2n) is 4.91. The number of carbonyl (C=O) groups excluding carboxylic acids is 3. The molecular formula is C18H17NO5. The summed E-state index contributed by atoms with van der Waals surface area (Å²) < 4.78 is 9.64. The van der Waals surface area contributed by atoms with Gasteiger partial charge in [-0.3, -0.25) is 9.59 Å². The number of rotatable bonds is 6. The second kappa shape index (κ2) is 7.92. The third kappa shape index (κ3) is 4.19. The Morgan fingerprint density at radius 3 is 2.21 bits per heavy atom. The van der Waals surface area contributed by atoms with Gasteiger partial charge < -0.3 is 14.8 Å². The molecule has 2 aromatic rings. The minimum absolute atomic E-state index is 0.145. The molecular weight excluding hydrogens is 310 g/mol. The van der Waals surface area contributed by atoms with Crippen LogP contribution in [0.1, 0.15) is 31.1 Å². The number of ketones is 1. The predicted octanol–water partition coefficient (Wildman–Crippen LogP) is 2.09. The molecule has 0 atom stereocenters. The highest BCUT2D eigenvalue weighted by Crippen LogP contribution is 2.11. The summed E-state index contributed by atoms with van der Waals surface area (Å²) >= 11 is 0. The summed E-state index contributed by atoms with van der Waals surface area (Å²) in [4.78, 5) is 35.7. The van der Waals surface area contributed by atoms with Gasteiger partial charge in [0, 0.05) is 11.1 Å². The van der Waals surface area contributed by atoms with Crippen molar-refractivity contribution in [3.8, 4) is 5.75 Å². The van der Waals surface area contributed by atoms with Crippen LogP contribution < -0.4 is 10.1 Å². The molecule has 2 aromatic carbocycles. The van der Waals surface area contributed by atoms with Gasteiger partial charge in [0.25, 0.3) is 5.91 Å². The zero-order valence-corrected chi connectivity index (χ0v) is 13.4. The minimum Gasteiger partial charge on any atom is -0.497 e. The molecule has 0 spiro atoms. The summed E-state index contributed by atoms with van der Waals surface area (Å²) in [5, 5.41) is 2.54. The molecule has 0 aliphatic rings. The smallest absolute Gasteiger partial charge is 0.337 e. The van der Waals surface area contributed by atoms with Gasteiger partial charge in [0.2, 0.25) is 0 Å². The van der Waals surface area contributed by atoms with Crippen LogP contribution in [0.3, 0.4) is 0 Å². The Labute approximate surface area is 139 Å². The van der Waals surface area contributed by atoms with E-state index in [9.17, 15) is 14.4 Å². The first-order chi connectivity index (χ1) is 11.5. The molecule has 0 saturated heterocycles. The molecule has 6 heteroatoms. The summed E-state index contributed by atoms with van der Waals surface area (Å²) in [6, 6.07) is 12.7. The minimum atomic E-state index is -0.529. The molecule has 0 aromatic heterocycles. The molecule has 0 unspecified atom stereocenters.